The van der Waals surface area contributed by atoms with Crippen LogP contribution in [0, 0.1) is 6.92 Å². The van der Waals surface area contributed by atoms with Crippen molar-refractivity contribution in [2.45, 2.75) is 19.9 Å². The van der Waals surface area contributed by atoms with E-state index in [0.717, 1.165) is 21.3 Å². The van der Waals surface area contributed by atoms with Crippen molar-refractivity contribution in [1.82, 2.24) is 9.78 Å². The molecule has 0 aliphatic rings. The highest BCUT2D eigenvalue weighted by atomic mass is 79.9. The molecule has 1 N–H and O–H groups in total. The number of carbonyl (C=O) groups is 1. The van der Waals surface area contributed by atoms with Crippen molar-refractivity contribution in [1.29, 1.82) is 0 Å². The van der Waals surface area contributed by atoms with Crippen LogP contribution < -0.4 is 10.1 Å². The van der Waals surface area contributed by atoms with Crippen molar-refractivity contribution in [2.24, 2.45) is 0 Å². The van der Waals surface area contributed by atoms with E-state index in [-0.39, 0.29) is 12.3 Å². The van der Waals surface area contributed by atoms with E-state index >= 15 is 0 Å². The van der Waals surface area contributed by atoms with Gasteiger partial charge in [-0.1, -0.05) is 42.0 Å². The molecule has 0 fully saturated rings. The summed E-state index contributed by atoms with van der Waals surface area (Å²) >= 11 is 3.46. The molecule has 3 aromatic rings. The number of ether oxygens (including phenoxy) is 1. The molecule has 5 nitrogen and oxygen atoms in total. The number of nitrogens with one attached hydrogen (secondary N) is 1. The van der Waals surface area contributed by atoms with Crippen LogP contribution >= 0.6 is 15.9 Å². The molecule has 0 radical (unpaired) electrons. The van der Waals surface area contributed by atoms with Gasteiger partial charge in [0.1, 0.15) is 5.75 Å². The minimum atomic E-state index is -0.114. The Balaban J connectivity index is 1.62. The van der Waals surface area contributed by atoms with Gasteiger partial charge in [-0.05, 0) is 46.1 Å². The van der Waals surface area contributed by atoms with Crippen LogP contribution in [0.5, 0.6) is 5.75 Å². The zero-order valence-electron chi connectivity index (χ0n) is 14.7. The largest absolute Gasteiger partial charge is 0.497 e. The Kier molecular flexibility index (Phi) is 5.73. The second-order valence-electron chi connectivity index (χ2n) is 6.08. The third-order valence-electron chi connectivity index (χ3n) is 3.96. The molecule has 0 bridgehead atoms. The number of rotatable bonds is 6. The number of anilines is 1. The predicted molar refractivity (Wildman–Crippen MR) is 106 cm³/mol. The molecule has 134 valence electrons. The Morgan fingerprint density at radius 3 is 2.42 bits per heavy atom. The monoisotopic (exact) mass is 413 g/mol. The maximum Gasteiger partial charge on any atom is 0.230 e. The Morgan fingerprint density at radius 2 is 1.77 bits per heavy atom. The van der Waals surface area contributed by atoms with E-state index in [1.165, 1.54) is 5.56 Å². The topological polar surface area (TPSA) is 56.1 Å². The fraction of sp³-hybridized carbons (Fsp3) is 0.200. The first-order valence-corrected chi connectivity index (χ1v) is 9.04. The van der Waals surface area contributed by atoms with Crippen LogP contribution in [-0.2, 0) is 17.8 Å². The zero-order valence-corrected chi connectivity index (χ0v) is 16.3. The third kappa shape index (κ3) is 4.73. The summed E-state index contributed by atoms with van der Waals surface area (Å²) in [5.74, 6) is 1.18. The fourth-order valence-corrected chi connectivity index (χ4v) is 2.96. The molecule has 1 aromatic heterocycles. The first-order chi connectivity index (χ1) is 12.5. The van der Waals surface area contributed by atoms with Gasteiger partial charge in [0.25, 0.3) is 0 Å². The maximum atomic E-state index is 12.3. The molecule has 0 atom stereocenters. The molecule has 0 aliphatic heterocycles. The molecule has 26 heavy (non-hydrogen) atoms. The lowest BCUT2D eigenvalue weighted by Crippen LogP contribution is -2.15. The lowest BCUT2D eigenvalue weighted by Gasteiger charge is -2.05. The SMILES string of the molecule is COc1ccc(CC(=O)Nc2nn(Cc3ccc(C)cc3)cc2Br)cc1. The molecule has 3 rings (SSSR count). The van der Waals surface area contributed by atoms with Crippen LogP contribution in [0.4, 0.5) is 5.82 Å². The predicted octanol–water partition coefficient (Wildman–Crippen LogP) is 4.19. The van der Waals surface area contributed by atoms with Crippen molar-refractivity contribution in [3.63, 3.8) is 0 Å². The summed E-state index contributed by atoms with van der Waals surface area (Å²) in [5.41, 5.74) is 3.29. The second kappa shape index (κ2) is 8.19. The van der Waals surface area contributed by atoms with Gasteiger partial charge < -0.3 is 10.1 Å². The molecule has 1 heterocycles. The summed E-state index contributed by atoms with van der Waals surface area (Å²) in [6.45, 7) is 2.71. The molecular weight excluding hydrogens is 394 g/mol. The molecule has 0 spiro atoms. The van der Waals surface area contributed by atoms with E-state index in [0.29, 0.717) is 12.4 Å². The maximum absolute atomic E-state index is 12.3. The van der Waals surface area contributed by atoms with Crippen molar-refractivity contribution in [3.8, 4) is 5.75 Å². The summed E-state index contributed by atoms with van der Waals surface area (Å²) in [6.07, 6.45) is 2.14. The Labute approximate surface area is 161 Å². The van der Waals surface area contributed by atoms with E-state index in [1.807, 2.05) is 30.5 Å². The van der Waals surface area contributed by atoms with Crippen LogP contribution in [0.3, 0.4) is 0 Å². The first kappa shape index (κ1) is 18.2. The van der Waals surface area contributed by atoms with Gasteiger partial charge in [-0.2, -0.15) is 5.10 Å². The number of methoxy groups -OCH3 is 1. The first-order valence-electron chi connectivity index (χ1n) is 8.25. The van der Waals surface area contributed by atoms with E-state index in [9.17, 15) is 4.79 Å². The van der Waals surface area contributed by atoms with Gasteiger partial charge in [0.15, 0.2) is 5.82 Å². The molecule has 0 unspecified atom stereocenters. The van der Waals surface area contributed by atoms with E-state index in [2.05, 4.69) is 57.5 Å². The van der Waals surface area contributed by atoms with Crippen LogP contribution in [0.25, 0.3) is 0 Å². The number of halogens is 1. The fourth-order valence-electron chi connectivity index (χ4n) is 2.55. The van der Waals surface area contributed by atoms with Gasteiger partial charge in [-0.25, -0.2) is 0 Å². The number of carbonyl (C=O) groups excluding carboxylic acids is 1. The quantitative estimate of drug-likeness (QED) is 0.658. The van der Waals surface area contributed by atoms with Crippen LogP contribution in [0.1, 0.15) is 16.7 Å². The highest BCUT2D eigenvalue weighted by Gasteiger charge is 2.11. The van der Waals surface area contributed by atoms with Crippen molar-refractivity contribution >= 4 is 27.7 Å². The number of nitrogens with zero attached hydrogens (tertiary/aromatic N) is 2. The molecular formula is C20H20BrN3O2. The smallest absolute Gasteiger partial charge is 0.230 e. The average molecular weight is 414 g/mol. The lowest BCUT2D eigenvalue weighted by atomic mass is 10.1. The molecule has 6 heteroatoms. The molecule has 0 saturated carbocycles. The number of benzene rings is 2. The summed E-state index contributed by atoms with van der Waals surface area (Å²) in [4.78, 5) is 12.3. The molecule has 0 aliphatic carbocycles. The van der Waals surface area contributed by atoms with E-state index < -0.39 is 0 Å². The third-order valence-corrected chi connectivity index (χ3v) is 4.54. The van der Waals surface area contributed by atoms with Gasteiger partial charge in [0.05, 0.1) is 24.5 Å². The van der Waals surface area contributed by atoms with Gasteiger partial charge in [-0.3, -0.25) is 9.48 Å². The van der Waals surface area contributed by atoms with Crippen molar-refractivity contribution < 1.29 is 9.53 Å². The molecule has 1 amide bonds. The summed E-state index contributed by atoms with van der Waals surface area (Å²) in [5, 5.41) is 7.31. The van der Waals surface area contributed by atoms with Crippen LogP contribution in [0.15, 0.2) is 59.2 Å². The van der Waals surface area contributed by atoms with E-state index in [1.54, 1.807) is 11.8 Å². The minimum absolute atomic E-state index is 0.114. The minimum Gasteiger partial charge on any atom is -0.497 e. The van der Waals surface area contributed by atoms with Gasteiger partial charge in [0.2, 0.25) is 5.91 Å². The lowest BCUT2D eigenvalue weighted by molar-refractivity contribution is -0.115. The number of aryl methyl sites for hydroxylation is 1. The Morgan fingerprint density at radius 1 is 1.12 bits per heavy atom. The highest BCUT2D eigenvalue weighted by Crippen LogP contribution is 2.21. The summed E-state index contributed by atoms with van der Waals surface area (Å²) < 4.78 is 7.68. The summed E-state index contributed by atoms with van der Waals surface area (Å²) in [6, 6.07) is 15.7. The van der Waals surface area contributed by atoms with Crippen LogP contribution in [0.2, 0.25) is 0 Å². The van der Waals surface area contributed by atoms with Gasteiger partial charge >= 0.3 is 0 Å². The Hall–Kier alpha value is -2.60. The summed E-state index contributed by atoms with van der Waals surface area (Å²) in [7, 11) is 1.62. The number of hydrogen-bond donors (Lipinski definition) is 1. The highest BCUT2D eigenvalue weighted by molar-refractivity contribution is 9.10. The van der Waals surface area contributed by atoms with Gasteiger partial charge in [0, 0.05) is 6.20 Å². The molecule has 2 aromatic carbocycles. The number of amides is 1. The van der Waals surface area contributed by atoms with Crippen molar-refractivity contribution in [2.75, 3.05) is 12.4 Å². The van der Waals surface area contributed by atoms with Gasteiger partial charge in [-0.15, -0.1) is 0 Å². The standard InChI is InChI=1S/C20H20BrN3O2/c1-14-3-5-16(6-4-14)12-24-13-18(21)20(23-24)22-19(25)11-15-7-9-17(26-2)10-8-15/h3-10,13H,11-12H2,1-2H3,(H,22,23,25). The van der Waals surface area contributed by atoms with Crippen LogP contribution in [-0.4, -0.2) is 22.8 Å². The number of hydrogen-bond acceptors (Lipinski definition) is 3. The zero-order chi connectivity index (χ0) is 18.5. The normalized spacial score (nSPS) is 10.6. The molecule has 0 saturated heterocycles. The second-order valence-corrected chi connectivity index (χ2v) is 6.94. The Bertz CT molecular complexity index is 886. The van der Waals surface area contributed by atoms with Crippen molar-refractivity contribution in [3.05, 3.63) is 75.9 Å². The number of aromatic nitrogens is 2. The van der Waals surface area contributed by atoms with E-state index in [4.69, 9.17) is 4.74 Å². The average Bonchev–Trinajstić information content (AvgIpc) is 2.96.